The molecule has 1 aliphatic heterocycles. The second-order valence-corrected chi connectivity index (χ2v) is 7.86. The average Bonchev–Trinajstić information content (AvgIpc) is 3.20. The lowest BCUT2D eigenvalue weighted by atomic mass is 9.58. The van der Waals surface area contributed by atoms with E-state index >= 15 is 0 Å². The molecule has 134 valence electrons. The fourth-order valence-electron chi connectivity index (χ4n) is 4.90. The van der Waals surface area contributed by atoms with Crippen molar-refractivity contribution in [2.75, 3.05) is 0 Å². The summed E-state index contributed by atoms with van der Waals surface area (Å²) in [5, 5.41) is 0. The van der Waals surface area contributed by atoms with E-state index in [1.807, 2.05) is 6.92 Å². The predicted molar refractivity (Wildman–Crippen MR) is 88.2 cm³/mol. The molecule has 1 saturated carbocycles. The number of epoxide rings is 1. The van der Waals surface area contributed by atoms with Gasteiger partial charge >= 0.3 is 11.9 Å². The second kappa shape index (κ2) is 5.87. The Morgan fingerprint density at radius 1 is 1.17 bits per heavy atom. The number of rotatable bonds is 2. The van der Waals surface area contributed by atoms with E-state index in [2.05, 4.69) is 19.9 Å². The molecule has 1 heterocycles. The van der Waals surface area contributed by atoms with Crippen molar-refractivity contribution >= 4 is 11.9 Å². The Labute approximate surface area is 143 Å². The first-order chi connectivity index (χ1) is 11.2. The van der Waals surface area contributed by atoms with Gasteiger partial charge in [0, 0.05) is 19.3 Å². The normalized spacial score (nSPS) is 46.3. The highest BCUT2D eigenvalue weighted by atomic mass is 16.6. The van der Waals surface area contributed by atoms with E-state index in [1.54, 1.807) is 0 Å². The molecule has 1 spiro atoms. The van der Waals surface area contributed by atoms with Gasteiger partial charge in [-0.3, -0.25) is 9.59 Å². The molecule has 0 aromatic rings. The van der Waals surface area contributed by atoms with Crippen molar-refractivity contribution in [2.45, 2.75) is 84.2 Å². The maximum absolute atomic E-state index is 11.6. The SMILES string of the molecule is CC(=O)O[C@H]1CC[C@@]23O[C@@H]2CC[C@H](C)[C@@]3(C)/C=C(\C)[C@H]1OC(C)=O. The van der Waals surface area contributed by atoms with Crippen LogP contribution in [0.1, 0.15) is 60.3 Å². The molecule has 0 unspecified atom stereocenters. The number of carbonyl (C=O) groups is 2. The van der Waals surface area contributed by atoms with Crippen molar-refractivity contribution in [3.63, 3.8) is 0 Å². The lowest BCUT2D eigenvalue weighted by Gasteiger charge is -2.45. The minimum atomic E-state index is -0.521. The largest absolute Gasteiger partial charge is 0.458 e. The van der Waals surface area contributed by atoms with E-state index in [1.165, 1.54) is 13.8 Å². The van der Waals surface area contributed by atoms with Gasteiger partial charge in [-0.25, -0.2) is 0 Å². The summed E-state index contributed by atoms with van der Waals surface area (Å²) in [6.45, 7) is 9.29. The summed E-state index contributed by atoms with van der Waals surface area (Å²) in [6.07, 6.45) is 5.23. The maximum Gasteiger partial charge on any atom is 0.303 e. The Morgan fingerprint density at radius 2 is 1.83 bits per heavy atom. The number of ether oxygens (including phenoxy) is 3. The Bertz CT molecular complexity index is 582. The molecule has 0 aromatic heterocycles. The van der Waals surface area contributed by atoms with E-state index in [4.69, 9.17) is 14.2 Å². The molecular weight excluding hydrogens is 308 g/mol. The van der Waals surface area contributed by atoms with Gasteiger partial charge in [-0.2, -0.15) is 0 Å². The third-order valence-corrected chi connectivity index (χ3v) is 6.34. The Morgan fingerprint density at radius 3 is 2.46 bits per heavy atom. The highest BCUT2D eigenvalue weighted by Gasteiger charge is 2.69. The molecule has 0 N–H and O–H groups in total. The molecule has 0 bridgehead atoms. The maximum atomic E-state index is 11.6. The van der Waals surface area contributed by atoms with Crippen molar-refractivity contribution in [3.05, 3.63) is 11.6 Å². The van der Waals surface area contributed by atoms with Crippen molar-refractivity contribution in [1.29, 1.82) is 0 Å². The molecule has 3 aliphatic rings. The summed E-state index contributed by atoms with van der Waals surface area (Å²) in [4.78, 5) is 23.1. The number of hydrogen-bond donors (Lipinski definition) is 0. The first-order valence-electron chi connectivity index (χ1n) is 8.91. The van der Waals surface area contributed by atoms with Crippen LogP contribution >= 0.6 is 0 Å². The van der Waals surface area contributed by atoms with Crippen LogP contribution in [0.2, 0.25) is 0 Å². The van der Waals surface area contributed by atoms with Crippen LogP contribution in [-0.4, -0.2) is 35.9 Å². The van der Waals surface area contributed by atoms with E-state index < -0.39 is 12.2 Å². The minimum absolute atomic E-state index is 0.0837. The predicted octanol–water partition coefficient (Wildman–Crippen LogP) is 3.16. The molecule has 0 radical (unpaired) electrons. The highest BCUT2D eigenvalue weighted by molar-refractivity contribution is 5.67. The molecule has 0 aromatic carbocycles. The number of carbonyl (C=O) groups excluding carboxylic acids is 2. The van der Waals surface area contributed by atoms with Gasteiger partial charge in [-0.1, -0.05) is 19.9 Å². The first kappa shape index (κ1) is 17.5. The van der Waals surface area contributed by atoms with Crippen molar-refractivity contribution in [2.24, 2.45) is 11.3 Å². The van der Waals surface area contributed by atoms with Crippen LogP contribution in [0.4, 0.5) is 0 Å². The van der Waals surface area contributed by atoms with Gasteiger partial charge < -0.3 is 14.2 Å². The monoisotopic (exact) mass is 336 g/mol. The van der Waals surface area contributed by atoms with Crippen molar-refractivity contribution in [1.82, 2.24) is 0 Å². The molecule has 5 nitrogen and oxygen atoms in total. The molecule has 0 amide bonds. The average molecular weight is 336 g/mol. The zero-order valence-corrected chi connectivity index (χ0v) is 15.3. The van der Waals surface area contributed by atoms with E-state index in [0.717, 1.165) is 24.8 Å². The lowest BCUT2D eigenvalue weighted by molar-refractivity contribution is -0.163. The molecule has 5 heteroatoms. The number of esters is 2. The lowest BCUT2D eigenvalue weighted by Crippen LogP contribution is -2.48. The van der Waals surface area contributed by atoms with Gasteiger partial charge in [0.15, 0.2) is 6.10 Å². The third kappa shape index (κ3) is 2.67. The molecular formula is C19H28O5. The summed E-state index contributed by atoms with van der Waals surface area (Å²) in [5.41, 5.74) is 0.700. The van der Waals surface area contributed by atoms with Crippen molar-refractivity contribution < 1.29 is 23.8 Å². The summed E-state index contributed by atoms with van der Waals surface area (Å²) in [6, 6.07) is 0. The Hall–Kier alpha value is -1.36. The summed E-state index contributed by atoms with van der Waals surface area (Å²) in [5.74, 6) is -0.215. The molecule has 24 heavy (non-hydrogen) atoms. The van der Waals surface area contributed by atoms with Crippen LogP contribution in [0, 0.1) is 11.3 Å². The Kier molecular flexibility index (Phi) is 4.27. The van der Waals surface area contributed by atoms with Gasteiger partial charge in [-0.05, 0) is 44.1 Å². The van der Waals surface area contributed by atoms with Crippen LogP contribution in [-0.2, 0) is 23.8 Å². The molecule has 2 aliphatic carbocycles. The van der Waals surface area contributed by atoms with Crippen molar-refractivity contribution in [3.8, 4) is 0 Å². The summed E-state index contributed by atoms with van der Waals surface area (Å²) in [7, 11) is 0. The zero-order chi connectivity index (χ0) is 17.7. The van der Waals surface area contributed by atoms with Crippen LogP contribution in [0.5, 0.6) is 0 Å². The third-order valence-electron chi connectivity index (χ3n) is 6.34. The quantitative estimate of drug-likeness (QED) is 0.440. The molecule has 3 rings (SSSR count). The number of hydrogen-bond acceptors (Lipinski definition) is 5. The molecule has 6 atom stereocenters. The van der Waals surface area contributed by atoms with E-state index in [9.17, 15) is 9.59 Å². The first-order valence-corrected chi connectivity index (χ1v) is 8.91. The summed E-state index contributed by atoms with van der Waals surface area (Å²) >= 11 is 0. The van der Waals surface area contributed by atoms with Crippen LogP contribution in [0.3, 0.4) is 0 Å². The second-order valence-electron chi connectivity index (χ2n) is 7.86. The smallest absolute Gasteiger partial charge is 0.303 e. The van der Waals surface area contributed by atoms with Gasteiger partial charge in [0.2, 0.25) is 0 Å². The standard InChI is InChI=1S/C19H28O5/c1-11-10-18(5)12(2)6-7-16-19(18,24-16)9-8-15(22-13(3)20)17(11)23-14(4)21/h10,12,15-17H,6-9H2,1-5H3/b11-10+/t12-,15-,16+,17+,18+,19+/m0/s1. The van der Waals surface area contributed by atoms with E-state index in [0.29, 0.717) is 18.4 Å². The fraction of sp³-hybridized carbons (Fsp3) is 0.789. The van der Waals surface area contributed by atoms with Gasteiger partial charge in [0.1, 0.15) is 11.7 Å². The fourth-order valence-corrected chi connectivity index (χ4v) is 4.90. The minimum Gasteiger partial charge on any atom is -0.458 e. The van der Waals surface area contributed by atoms with Gasteiger partial charge in [0.25, 0.3) is 0 Å². The van der Waals surface area contributed by atoms with Gasteiger partial charge in [-0.15, -0.1) is 0 Å². The summed E-state index contributed by atoms with van der Waals surface area (Å²) < 4.78 is 17.2. The highest BCUT2D eigenvalue weighted by Crippen LogP contribution is 2.64. The molecule has 2 fully saturated rings. The van der Waals surface area contributed by atoms with Crippen LogP contribution < -0.4 is 0 Å². The van der Waals surface area contributed by atoms with Crippen LogP contribution in [0.25, 0.3) is 0 Å². The zero-order valence-electron chi connectivity index (χ0n) is 15.3. The van der Waals surface area contributed by atoms with Crippen LogP contribution in [0.15, 0.2) is 11.6 Å². The topological polar surface area (TPSA) is 65.1 Å². The Balaban J connectivity index is 1.99. The molecule has 1 saturated heterocycles. The van der Waals surface area contributed by atoms with Gasteiger partial charge in [0.05, 0.1) is 6.10 Å². The van der Waals surface area contributed by atoms with E-state index in [-0.39, 0.29) is 23.0 Å².